The molecule has 7 heteroatoms. The van der Waals surface area contributed by atoms with Gasteiger partial charge in [-0.05, 0) is 43.7 Å². The van der Waals surface area contributed by atoms with Gasteiger partial charge in [0, 0.05) is 21.3 Å². The first-order valence-electron chi connectivity index (χ1n) is 10.4. The summed E-state index contributed by atoms with van der Waals surface area (Å²) in [7, 11) is 0. The van der Waals surface area contributed by atoms with E-state index in [1.807, 2.05) is 31.2 Å². The highest BCUT2D eigenvalue weighted by Gasteiger charge is 2.25. The van der Waals surface area contributed by atoms with E-state index in [4.69, 9.17) is 32.4 Å². The molecule has 1 atom stereocenters. The minimum absolute atomic E-state index is 0.0105. The van der Waals surface area contributed by atoms with Crippen LogP contribution in [0.1, 0.15) is 18.9 Å². The number of fused-ring (bicyclic) bond motifs is 1. The Hall–Kier alpha value is -3.28. The van der Waals surface area contributed by atoms with Crippen LogP contribution in [0, 0.1) is 6.92 Å². The summed E-state index contributed by atoms with van der Waals surface area (Å²) in [6, 6.07) is 19.2. The van der Waals surface area contributed by atoms with Crippen LogP contribution in [0.3, 0.4) is 0 Å². The molecule has 3 aromatic carbocycles. The van der Waals surface area contributed by atoms with Gasteiger partial charge in [-0.1, -0.05) is 72.1 Å². The summed E-state index contributed by atoms with van der Waals surface area (Å²) in [5.74, 6) is -0.169. The van der Waals surface area contributed by atoms with Gasteiger partial charge in [0.1, 0.15) is 5.58 Å². The highest BCUT2D eigenvalue weighted by Crippen LogP contribution is 2.32. The van der Waals surface area contributed by atoms with Crippen molar-refractivity contribution in [3.63, 3.8) is 0 Å². The third-order valence-corrected chi connectivity index (χ3v) is 5.56. The standard InChI is InChI=1S/C26H21Cl2NO4/c1-3-21(26(31)29-19-13-17(27)12-18(28)14-19)32-25-23(30)20-6-4-5-7-22(20)33-24(25)16-10-8-15(2)9-11-16/h4-14,21H,3H2,1-2H3,(H,29,31). The summed E-state index contributed by atoms with van der Waals surface area (Å²) in [5, 5.41) is 3.91. The normalized spacial score (nSPS) is 11.9. The predicted octanol–water partition coefficient (Wildman–Crippen LogP) is 6.87. The molecule has 33 heavy (non-hydrogen) atoms. The van der Waals surface area contributed by atoms with E-state index in [1.165, 1.54) is 0 Å². The zero-order chi connectivity index (χ0) is 23.5. The molecule has 1 N–H and O–H groups in total. The van der Waals surface area contributed by atoms with Gasteiger partial charge in [0.2, 0.25) is 11.2 Å². The third-order valence-electron chi connectivity index (χ3n) is 5.12. The maximum absolute atomic E-state index is 13.4. The monoisotopic (exact) mass is 481 g/mol. The van der Waals surface area contributed by atoms with Crippen LogP contribution in [0.4, 0.5) is 5.69 Å². The molecule has 0 radical (unpaired) electrons. The number of rotatable bonds is 6. The molecule has 0 saturated heterocycles. The lowest BCUT2D eigenvalue weighted by atomic mass is 10.1. The Kier molecular flexibility index (Phi) is 6.72. The lowest BCUT2D eigenvalue weighted by Crippen LogP contribution is -2.34. The fourth-order valence-electron chi connectivity index (χ4n) is 3.44. The Morgan fingerprint density at radius 1 is 1.03 bits per heavy atom. The van der Waals surface area contributed by atoms with Crippen molar-refractivity contribution in [1.82, 2.24) is 0 Å². The second-order valence-electron chi connectivity index (χ2n) is 7.61. The molecule has 4 aromatic rings. The average molecular weight is 482 g/mol. The number of aryl methyl sites for hydroxylation is 1. The number of carbonyl (C=O) groups excluding carboxylic acids is 1. The molecule has 1 amide bonds. The van der Waals surface area contributed by atoms with Gasteiger partial charge in [-0.2, -0.15) is 0 Å². The number of benzene rings is 3. The van der Waals surface area contributed by atoms with E-state index in [1.54, 1.807) is 49.4 Å². The highest BCUT2D eigenvalue weighted by atomic mass is 35.5. The number of amides is 1. The first-order valence-corrected chi connectivity index (χ1v) is 11.2. The van der Waals surface area contributed by atoms with E-state index in [-0.39, 0.29) is 16.9 Å². The molecule has 0 aliphatic heterocycles. The molecule has 0 fully saturated rings. The topological polar surface area (TPSA) is 68.5 Å². The summed E-state index contributed by atoms with van der Waals surface area (Å²) in [6.07, 6.45) is -0.629. The fraction of sp³-hybridized carbons (Fsp3) is 0.154. The van der Waals surface area contributed by atoms with Crippen LogP contribution >= 0.6 is 23.2 Å². The summed E-state index contributed by atoms with van der Waals surface area (Å²) in [5.41, 5.74) is 2.27. The van der Waals surface area contributed by atoms with Gasteiger partial charge >= 0.3 is 0 Å². The van der Waals surface area contributed by atoms with Crippen molar-refractivity contribution in [2.45, 2.75) is 26.4 Å². The smallest absolute Gasteiger partial charge is 0.265 e. The minimum Gasteiger partial charge on any atom is -0.473 e. The van der Waals surface area contributed by atoms with Gasteiger partial charge in [0.15, 0.2) is 11.9 Å². The summed E-state index contributed by atoms with van der Waals surface area (Å²) < 4.78 is 12.1. The molecule has 0 spiro atoms. The van der Waals surface area contributed by atoms with Gasteiger partial charge in [-0.15, -0.1) is 0 Å². The summed E-state index contributed by atoms with van der Waals surface area (Å²) >= 11 is 12.1. The molecule has 4 rings (SSSR count). The van der Waals surface area contributed by atoms with E-state index in [2.05, 4.69) is 5.32 Å². The van der Waals surface area contributed by atoms with E-state index in [0.717, 1.165) is 5.56 Å². The second kappa shape index (κ2) is 9.69. The Labute approximate surface area is 200 Å². The number of hydrogen-bond donors (Lipinski definition) is 1. The lowest BCUT2D eigenvalue weighted by Gasteiger charge is -2.19. The average Bonchev–Trinajstić information content (AvgIpc) is 2.78. The first-order chi connectivity index (χ1) is 15.9. The maximum Gasteiger partial charge on any atom is 0.265 e. The molecule has 0 saturated carbocycles. The molecule has 1 aromatic heterocycles. The van der Waals surface area contributed by atoms with Gasteiger partial charge in [0.05, 0.1) is 5.39 Å². The van der Waals surface area contributed by atoms with Crippen LogP contribution in [-0.2, 0) is 4.79 Å². The van der Waals surface area contributed by atoms with Crippen LogP contribution in [-0.4, -0.2) is 12.0 Å². The van der Waals surface area contributed by atoms with E-state index >= 15 is 0 Å². The van der Waals surface area contributed by atoms with Gasteiger partial charge in [-0.3, -0.25) is 9.59 Å². The van der Waals surface area contributed by atoms with Gasteiger partial charge < -0.3 is 14.5 Å². The Balaban J connectivity index is 1.74. The van der Waals surface area contributed by atoms with E-state index in [9.17, 15) is 9.59 Å². The largest absolute Gasteiger partial charge is 0.473 e. The maximum atomic E-state index is 13.4. The Morgan fingerprint density at radius 3 is 2.36 bits per heavy atom. The number of anilines is 1. The summed E-state index contributed by atoms with van der Waals surface area (Å²) in [6.45, 7) is 3.76. The van der Waals surface area contributed by atoms with Gasteiger partial charge in [0.25, 0.3) is 5.91 Å². The zero-order valence-electron chi connectivity index (χ0n) is 18.0. The van der Waals surface area contributed by atoms with Crippen LogP contribution in [0.15, 0.2) is 75.9 Å². The van der Waals surface area contributed by atoms with E-state index < -0.39 is 12.0 Å². The zero-order valence-corrected chi connectivity index (χ0v) is 19.5. The molecule has 5 nitrogen and oxygen atoms in total. The highest BCUT2D eigenvalue weighted by molar-refractivity contribution is 6.35. The van der Waals surface area contributed by atoms with Gasteiger partial charge in [-0.25, -0.2) is 0 Å². The quantitative estimate of drug-likeness (QED) is 0.326. The van der Waals surface area contributed by atoms with Crippen molar-refractivity contribution in [2.24, 2.45) is 0 Å². The number of carbonyl (C=O) groups is 1. The van der Waals surface area contributed by atoms with Crippen molar-refractivity contribution in [2.75, 3.05) is 5.32 Å². The molecular weight excluding hydrogens is 461 g/mol. The predicted molar refractivity (Wildman–Crippen MR) is 132 cm³/mol. The van der Waals surface area contributed by atoms with Crippen LogP contribution in [0.25, 0.3) is 22.3 Å². The molecule has 0 aliphatic rings. The van der Waals surface area contributed by atoms with Crippen LogP contribution < -0.4 is 15.5 Å². The van der Waals surface area contributed by atoms with Crippen LogP contribution in [0.5, 0.6) is 5.75 Å². The second-order valence-corrected chi connectivity index (χ2v) is 8.49. The molecule has 1 unspecified atom stereocenters. The van der Waals surface area contributed by atoms with Crippen molar-refractivity contribution in [3.05, 3.63) is 92.6 Å². The number of nitrogens with one attached hydrogen (secondary N) is 1. The van der Waals surface area contributed by atoms with Crippen molar-refractivity contribution in [1.29, 1.82) is 0 Å². The number of ether oxygens (including phenoxy) is 1. The lowest BCUT2D eigenvalue weighted by molar-refractivity contribution is -0.122. The molecule has 0 aliphatic carbocycles. The summed E-state index contributed by atoms with van der Waals surface area (Å²) in [4.78, 5) is 26.3. The van der Waals surface area contributed by atoms with Crippen molar-refractivity contribution < 1.29 is 13.9 Å². The number of hydrogen-bond acceptors (Lipinski definition) is 4. The Bertz CT molecular complexity index is 1360. The van der Waals surface area contributed by atoms with Crippen molar-refractivity contribution >= 4 is 45.8 Å². The SMILES string of the molecule is CCC(Oc1c(-c2ccc(C)cc2)oc2ccccc2c1=O)C(=O)Nc1cc(Cl)cc(Cl)c1. The minimum atomic E-state index is -0.948. The fourth-order valence-corrected chi connectivity index (χ4v) is 3.97. The molecule has 0 bridgehead atoms. The molecular formula is C26H21Cl2NO4. The first kappa shape index (κ1) is 22.9. The number of halogens is 2. The van der Waals surface area contributed by atoms with E-state index in [0.29, 0.717) is 38.7 Å². The van der Waals surface area contributed by atoms with Crippen LogP contribution in [0.2, 0.25) is 10.0 Å². The third kappa shape index (κ3) is 5.05. The molecule has 168 valence electrons. The molecule has 1 heterocycles. The Morgan fingerprint density at radius 2 is 1.70 bits per heavy atom. The van der Waals surface area contributed by atoms with Crippen molar-refractivity contribution in [3.8, 4) is 17.1 Å². The number of para-hydroxylation sites is 1.